The maximum Gasteiger partial charge on any atom is 0.335 e. The third-order valence-electron chi connectivity index (χ3n) is 9.97. The highest BCUT2D eigenvalue weighted by Crippen LogP contribution is 2.52. The molecule has 0 amide bonds. The van der Waals surface area contributed by atoms with Gasteiger partial charge in [0.1, 0.15) is 11.4 Å². The summed E-state index contributed by atoms with van der Waals surface area (Å²) < 4.78 is 173. The number of aromatic carboxylic acids is 1. The van der Waals surface area contributed by atoms with Gasteiger partial charge in [0, 0.05) is 36.5 Å². The molecular weight excluding hydrogens is 869 g/mol. The van der Waals surface area contributed by atoms with Gasteiger partial charge in [0.25, 0.3) is 50.6 Å². The number of carbonyl (C=O) groups is 1. The van der Waals surface area contributed by atoms with Crippen LogP contribution in [0, 0.1) is 0 Å². The molecule has 0 saturated carbocycles. The number of rotatable bonds is 15. The highest BCUT2D eigenvalue weighted by molar-refractivity contribution is 7.86. The molecule has 0 bridgehead atoms. The maximum atomic E-state index is 12.7. The number of nitrogens with zero attached hydrogens (tertiary/aromatic N) is 2. The fraction of sp³-hybridized carbons (Fsp3) is 0.353. The van der Waals surface area contributed by atoms with Crippen molar-refractivity contribution < 1.29 is 79.3 Å². The van der Waals surface area contributed by atoms with E-state index in [1.165, 1.54) is 54.5 Å². The van der Waals surface area contributed by atoms with Crippen molar-refractivity contribution in [3.63, 3.8) is 0 Å². The molecule has 24 heteroatoms. The standard InChI is InChI=1S/C34H38N2O17S5/c1-33(2)28(36(14-6-16-55(42,43)44)26-17-22(32(37)38)18-27(31(26)33)58(51,52)53)7-4-8-29-34(3,20-56(45,46)47)30-24-19-23(57(48,49)50)11-9-21(24)10-12-25(30)35(29)13-5-15-54(39,40)41/h4,7-12,17-19H,5-6,13-16,20H2,1-3H3,(H5-,37,38,39,40,41,42,43,44,45,46,47,48,49,50,51,52,53)/p+1. The van der Waals surface area contributed by atoms with E-state index >= 15 is 0 Å². The van der Waals surface area contributed by atoms with Crippen molar-refractivity contribution in [3.8, 4) is 0 Å². The SMILES string of the molecule is CC1(C)C(/C=C/C=C2/N(CCCS(=O)(=O)O)c3ccc4ccc(S(=O)(=O)O)cc4c3C2(C)CS(=O)(=O)O)=[N+](CCCS(=O)(=O)O)c2cc(C(=O)O)cc(S(=O)(=O)O)c21. The number of benzene rings is 3. The highest BCUT2D eigenvalue weighted by atomic mass is 32.2. The van der Waals surface area contributed by atoms with Crippen molar-refractivity contribution in [2.75, 3.05) is 35.2 Å². The topological polar surface area (TPSA) is 315 Å². The first-order chi connectivity index (χ1) is 26.3. The molecule has 3 aromatic carbocycles. The van der Waals surface area contributed by atoms with Gasteiger partial charge >= 0.3 is 5.97 Å². The summed E-state index contributed by atoms with van der Waals surface area (Å²) in [5.74, 6) is -4.04. The minimum Gasteiger partial charge on any atom is -0.478 e. The van der Waals surface area contributed by atoms with E-state index < -0.39 is 100 Å². The lowest BCUT2D eigenvalue weighted by Crippen LogP contribution is -2.35. The Kier molecular flexibility index (Phi) is 11.8. The summed E-state index contributed by atoms with van der Waals surface area (Å²) in [6.07, 6.45) is 3.68. The average molecular weight is 908 g/mol. The number of fused-ring (bicyclic) bond motifs is 4. The third kappa shape index (κ3) is 9.35. The van der Waals surface area contributed by atoms with Crippen molar-refractivity contribution in [1.82, 2.24) is 0 Å². The molecule has 2 heterocycles. The van der Waals surface area contributed by atoms with Gasteiger partial charge in [-0.05, 0) is 73.9 Å². The van der Waals surface area contributed by atoms with E-state index in [1.54, 1.807) is 12.1 Å². The molecule has 0 aliphatic carbocycles. The van der Waals surface area contributed by atoms with E-state index in [0.717, 1.165) is 24.3 Å². The van der Waals surface area contributed by atoms with E-state index in [0.29, 0.717) is 5.39 Å². The second kappa shape index (κ2) is 15.2. The fourth-order valence-electron chi connectivity index (χ4n) is 7.78. The Labute approximate surface area is 334 Å². The molecular formula is C34H39N2O17S5+. The molecule has 2 aliphatic heterocycles. The number of carboxylic acids is 1. The zero-order chi connectivity index (χ0) is 43.6. The molecule has 0 radical (unpaired) electrons. The number of hydrogen-bond donors (Lipinski definition) is 6. The van der Waals surface area contributed by atoms with Gasteiger partial charge in [-0.2, -0.15) is 46.7 Å². The highest BCUT2D eigenvalue weighted by Gasteiger charge is 2.50. The van der Waals surface area contributed by atoms with Crippen LogP contribution in [0.2, 0.25) is 0 Å². The van der Waals surface area contributed by atoms with Gasteiger partial charge in [-0.1, -0.05) is 18.2 Å². The molecule has 1 atom stereocenters. The van der Waals surface area contributed by atoms with Crippen LogP contribution in [0.5, 0.6) is 0 Å². The molecule has 316 valence electrons. The van der Waals surface area contributed by atoms with Crippen LogP contribution < -0.4 is 4.90 Å². The molecule has 6 N–H and O–H groups in total. The van der Waals surface area contributed by atoms with Gasteiger partial charge in [0.2, 0.25) is 5.69 Å². The van der Waals surface area contributed by atoms with Crippen LogP contribution in [0.4, 0.5) is 11.4 Å². The van der Waals surface area contributed by atoms with Crippen LogP contribution in [0.3, 0.4) is 0 Å². The molecule has 1 unspecified atom stereocenters. The summed E-state index contributed by atoms with van der Waals surface area (Å²) in [5.41, 5.74) is -3.08. The van der Waals surface area contributed by atoms with Crippen molar-refractivity contribution >= 4 is 84.4 Å². The van der Waals surface area contributed by atoms with E-state index in [4.69, 9.17) is 0 Å². The molecule has 19 nitrogen and oxygen atoms in total. The fourth-order valence-corrected chi connectivity index (χ4v) is 11.2. The van der Waals surface area contributed by atoms with Crippen molar-refractivity contribution in [1.29, 1.82) is 0 Å². The second-order valence-corrected chi connectivity index (χ2v) is 21.9. The maximum absolute atomic E-state index is 12.7. The zero-order valence-corrected chi connectivity index (χ0v) is 34.9. The molecule has 0 spiro atoms. The zero-order valence-electron chi connectivity index (χ0n) is 30.8. The van der Waals surface area contributed by atoms with Gasteiger partial charge in [-0.15, -0.1) is 0 Å². The predicted molar refractivity (Wildman–Crippen MR) is 210 cm³/mol. The molecule has 5 rings (SSSR count). The third-order valence-corrected chi connectivity index (χ3v) is 14.2. The van der Waals surface area contributed by atoms with Gasteiger partial charge in [-0.3, -0.25) is 22.8 Å². The Morgan fingerprint density at radius 2 is 1.36 bits per heavy atom. The van der Waals surface area contributed by atoms with Crippen molar-refractivity contribution in [2.45, 2.75) is 54.2 Å². The summed E-state index contributed by atoms with van der Waals surface area (Å²) >= 11 is 0. The Balaban J connectivity index is 1.80. The first-order valence-electron chi connectivity index (χ1n) is 17.0. The van der Waals surface area contributed by atoms with Gasteiger partial charge in [0.15, 0.2) is 5.71 Å². The minimum atomic E-state index is -5.08. The van der Waals surface area contributed by atoms with Gasteiger partial charge in [-0.25, -0.2) is 4.79 Å². The lowest BCUT2D eigenvalue weighted by Gasteiger charge is -2.29. The van der Waals surface area contributed by atoms with Crippen LogP contribution in [0.15, 0.2) is 76.2 Å². The summed E-state index contributed by atoms with van der Waals surface area (Å²) in [7, 11) is -23.7. The summed E-state index contributed by atoms with van der Waals surface area (Å²) in [4.78, 5) is 12.3. The lowest BCUT2D eigenvalue weighted by molar-refractivity contribution is -0.437. The van der Waals surface area contributed by atoms with Crippen LogP contribution in [0.25, 0.3) is 10.8 Å². The van der Waals surface area contributed by atoms with Crippen LogP contribution in [0.1, 0.15) is 55.1 Å². The van der Waals surface area contributed by atoms with Crippen molar-refractivity contribution in [3.05, 3.63) is 83.1 Å². The van der Waals surface area contributed by atoms with Crippen LogP contribution in [-0.4, -0.2) is 117 Å². The molecule has 58 heavy (non-hydrogen) atoms. The average Bonchev–Trinajstić information content (AvgIpc) is 3.40. The van der Waals surface area contributed by atoms with Crippen LogP contribution >= 0.6 is 0 Å². The predicted octanol–water partition coefficient (Wildman–Crippen LogP) is 3.07. The van der Waals surface area contributed by atoms with E-state index in [-0.39, 0.29) is 65.2 Å². The molecule has 2 aliphatic rings. The van der Waals surface area contributed by atoms with E-state index in [9.17, 15) is 74.8 Å². The first-order valence-corrected chi connectivity index (χ1v) is 24.7. The molecule has 0 fully saturated rings. The Morgan fingerprint density at radius 3 is 1.91 bits per heavy atom. The smallest absolute Gasteiger partial charge is 0.335 e. The molecule has 0 aromatic heterocycles. The van der Waals surface area contributed by atoms with Gasteiger partial charge < -0.3 is 10.0 Å². The van der Waals surface area contributed by atoms with Gasteiger partial charge in [0.05, 0.1) is 44.1 Å². The number of allylic oxidation sites excluding steroid dienone is 4. The molecule has 0 saturated heterocycles. The summed E-state index contributed by atoms with van der Waals surface area (Å²) in [6.45, 7) is 4.05. The normalized spacial score (nSPS) is 19.4. The largest absolute Gasteiger partial charge is 0.478 e. The first kappa shape index (κ1) is 45.0. The number of hydrogen-bond acceptors (Lipinski definition) is 12. The van der Waals surface area contributed by atoms with E-state index in [2.05, 4.69) is 0 Å². The minimum absolute atomic E-state index is 0.0300. The summed E-state index contributed by atoms with van der Waals surface area (Å²) in [6, 6.07) is 8.59. The lowest BCUT2D eigenvalue weighted by atomic mass is 9.80. The molecule has 3 aromatic rings. The number of carboxylic acid groups (broad SMARTS) is 1. The quantitative estimate of drug-likeness (QED) is 0.0943. The Hall–Kier alpha value is -4.11. The monoisotopic (exact) mass is 907 g/mol. The Bertz CT molecular complexity index is 2920. The van der Waals surface area contributed by atoms with E-state index in [1.807, 2.05) is 0 Å². The van der Waals surface area contributed by atoms with Crippen LogP contribution in [-0.2, 0) is 61.4 Å². The number of anilines is 1. The summed E-state index contributed by atoms with van der Waals surface area (Å²) in [5, 5.41) is 10.3. The Morgan fingerprint density at radius 1 is 0.759 bits per heavy atom. The van der Waals surface area contributed by atoms with Crippen molar-refractivity contribution in [2.24, 2.45) is 0 Å². The second-order valence-electron chi connectivity index (χ2n) is 14.5.